The van der Waals surface area contributed by atoms with E-state index in [1.165, 1.54) is 19.1 Å². The summed E-state index contributed by atoms with van der Waals surface area (Å²) in [6.07, 6.45) is -4.26. The van der Waals surface area contributed by atoms with Gasteiger partial charge in [0.05, 0.1) is 5.56 Å². The van der Waals surface area contributed by atoms with E-state index in [1.54, 1.807) is 0 Å². The van der Waals surface area contributed by atoms with Gasteiger partial charge in [0, 0.05) is 4.90 Å². The maximum absolute atomic E-state index is 12.3. The summed E-state index contributed by atoms with van der Waals surface area (Å²) < 4.78 is 36.8. The van der Waals surface area contributed by atoms with Crippen LogP contribution in [0.25, 0.3) is 0 Å². The molecule has 0 spiro atoms. The van der Waals surface area contributed by atoms with Gasteiger partial charge in [0.15, 0.2) is 0 Å². The van der Waals surface area contributed by atoms with Crippen LogP contribution in [0.4, 0.5) is 13.2 Å². The summed E-state index contributed by atoms with van der Waals surface area (Å²) in [6.45, 7) is 1.44. The van der Waals surface area contributed by atoms with Gasteiger partial charge in [-0.25, -0.2) is 0 Å². The Bertz CT molecular complexity index is 307. The van der Waals surface area contributed by atoms with Crippen molar-refractivity contribution in [3.05, 3.63) is 29.3 Å². The van der Waals surface area contributed by atoms with Gasteiger partial charge in [-0.15, -0.1) is 11.7 Å². The van der Waals surface area contributed by atoms with Crippen LogP contribution in [0.3, 0.4) is 0 Å². The molecule has 0 aromatic heterocycles. The number of hydrogen-bond donors (Lipinski definition) is 1. The predicted octanol–water partition coefficient (Wildman–Crippen LogP) is 3.95. The molecule has 0 aliphatic carbocycles. The van der Waals surface area contributed by atoms with Crippen LogP contribution in [0.1, 0.15) is 11.1 Å². The van der Waals surface area contributed by atoms with Crippen LogP contribution >= 0.6 is 22.5 Å². The molecule has 5 heteroatoms. The van der Waals surface area contributed by atoms with Crippen molar-refractivity contribution < 1.29 is 13.2 Å². The Morgan fingerprint density at radius 2 is 1.92 bits per heavy atom. The second-order valence-electron chi connectivity index (χ2n) is 2.57. The fraction of sp³-hybridized carbons (Fsp3) is 0.250. The molecule has 13 heavy (non-hydrogen) atoms. The summed E-state index contributed by atoms with van der Waals surface area (Å²) in [5, 5.41) is 0. The Balaban J connectivity index is 3.13. The number of hydrogen-bond acceptors (Lipinski definition) is 2. The summed E-state index contributed by atoms with van der Waals surface area (Å²) in [4.78, 5) is 0.717. The third-order valence-electron chi connectivity index (χ3n) is 1.61. The predicted molar refractivity (Wildman–Crippen MR) is 51.0 cm³/mol. The third kappa shape index (κ3) is 2.57. The lowest BCUT2D eigenvalue weighted by Gasteiger charge is -2.10. The third-order valence-corrected chi connectivity index (χ3v) is 2.71. The monoisotopic (exact) mass is 224 g/mol. The highest BCUT2D eigenvalue weighted by atomic mass is 33.1. The first kappa shape index (κ1) is 10.8. The topological polar surface area (TPSA) is 0 Å². The highest BCUT2D eigenvalue weighted by Gasteiger charge is 2.31. The van der Waals surface area contributed by atoms with Gasteiger partial charge >= 0.3 is 6.18 Å². The van der Waals surface area contributed by atoms with E-state index in [9.17, 15) is 13.2 Å². The molecule has 0 amide bonds. The molecule has 0 N–H and O–H groups in total. The van der Waals surface area contributed by atoms with Gasteiger partial charge in [0.25, 0.3) is 0 Å². The van der Waals surface area contributed by atoms with Crippen LogP contribution in [-0.4, -0.2) is 0 Å². The van der Waals surface area contributed by atoms with Crippen molar-refractivity contribution in [2.75, 3.05) is 0 Å². The number of aryl methyl sites for hydroxylation is 1. The maximum Gasteiger partial charge on any atom is 0.416 e. The maximum atomic E-state index is 12.3. The molecule has 0 bridgehead atoms. The Morgan fingerprint density at radius 1 is 1.31 bits per heavy atom. The van der Waals surface area contributed by atoms with E-state index in [0.29, 0.717) is 4.90 Å². The second-order valence-corrected chi connectivity index (χ2v) is 3.77. The van der Waals surface area contributed by atoms with E-state index in [-0.39, 0.29) is 5.56 Å². The summed E-state index contributed by atoms with van der Waals surface area (Å²) in [7, 11) is 1.13. The first-order valence-corrected chi connectivity index (χ1v) is 5.31. The molecule has 0 aliphatic heterocycles. The fourth-order valence-corrected chi connectivity index (χ4v) is 1.71. The van der Waals surface area contributed by atoms with Crippen LogP contribution < -0.4 is 0 Å². The molecule has 0 radical (unpaired) electrons. The van der Waals surface area contributed by atoms with Crippen molar-refractivity contribution in [3.8, 4) is 0 Å². The molecular weight excluding hydrogens is 217 g/mol. The minimum Gasteiger partial charge on any atom is -0.166 e. The van der Waals surface area contributed by atoms with Gasteiger partial charge in [0.1, 0.15) is 0 Å². The number of thiol groups is 1. The number of benzene rings is 1. The zero-order valence-electron chi connectivity index (χ0n) is 6.72. The van der Waals surface area contributed by atoms with Crippen LogP contribution in [0, 0.1) is 6.92 Å². The normalized spacial score (nSPS) is 11.8. The molecule has 1 aromatic carbocycles. The van der Waals surface area contributed by atoms with Crippen molar-refractivity contribution in [1.29, 1.82) is 0 Å². The average Bonchev–Trinajstić information content (AvgIpc) is 2.01. The minimum absolute atomic E-state index is 0.228. The van der Waals surface area contributed by atoms with Crippen LogP contribution in [-0.2, 0) is 6.18 Å². The van der Waals surface area contributed by atoms with Crippen molar-refractivity contribution in [2.24, 2.45) is 0 Å². The molecule has 0 heterocycles. The van der Waals surface area contributed by atoms with E-state index < -0.39 is 11.7 Å². The minimum atomic E-state index is -4.26. The number of halogens is 3. The molecule has 1 rings (SSSR count). The largest absolute Gasteiger partial charge is 0.416 e. The molecule has 0 atom stereocenters. The first-order valence-electron chi connectivity index (χ1n) is 3.44. The molecule has 72 valence electrons. The van der Waals surface area contributed by atoms with E-state index >= 15 is 0 Å². The average molecular weight is 224 g/mol. The van der Waals surface area contributed by atoms with E-state index in [2.05, 4.69) is 11.7 Å². The Hall–Kier alpha value is -0.290. The summed E-state index contributed by atoms with van der Waals surface area (Å²) in [6, 6.07) is 3.96. The molecule has 0 nitrogen and oxygen atoms in total. The Labute approximate surface area is 83.3 Å². The highest BCUT2D eigenvalue weighted by molar-refractivity contribution is 8.68. The molecule has 0 fully saturated rings. The van der Waals surface area contributed by atoms with Crippen molar-refractivity contribution in [3.63, 3.8) is 0 Å². The van der Waals surface area contributed by atoms with Gasteiger partial charge in [-0.2, -0.15) is 13.2 Å². The van der Waals surface area contributed by atoms with Gasteiger partial charge < -0.3 is 0 Å². The molecule has 1 aromatic rings. The summed E-state index contributed by atoms with van der Waals surface area (Å²) in [5.41, 5.74) is -0.356. The Kier molecular flexibility index (Phi) is 3.18. The van der Waals surface area contributed by atoms with Gasteiger partial charge in [-0.05, 0) is 30.7 Å². The molecule has 0 saturated carbocycles. The lowest BCUT2D eigenvalue weighted by Crippen LogP contribution is -2.06. The standard InChI is InChI=1S/C8H7F3S2/c1-5-4-6(13-12)2-3-7(5)8(9,10)11/h2-4,12H,1H3. The van der Waals surface area contributed by atoms with Gasteiger partial charge in [-0.3, -0.25) is 0 Å². The number of rotatable bonds is 1. The lowest BCUT2D eigenvalue weighted by atomic mass is 10.1. The number of alkyl halides is 3. The van der Waals surface area contributed by atoms with Crippen molar-refractivity contribution in [1.82, 2.24) is 0 Å². The fourth-order valence-electron chi connectivity index (χ4n) is 1.01. The lowest BCUT2D eigenvalue weighted by molar-refractivity contribution is -0.138. The van der Waals surface area contributed by atoms with Crippen molar-refractivity contribution >= 4 is 22.5 Å². The van der Waals surface area contributed by atoms with Gasteiger partial charge in [-0.1, -0.05) is 10.8 Å². The van der Waals surface area contributed by atoms with E-state index in [4.69, 9.17) is 0 Å². The molecular formula is C8H7F3S2. The van der Waals surface area contributed by atoms with Gasteiger partial charge in [0.2, 0.25) is 0 Å². The molecule has 0 saturated heterocycles. The zero-order valence-corrected chi connectivity index (χ0v) is 8.43. The molecule has 0 unspecified atom stereocenters. The second kappa shape index (κ2) is 3.84. The van der Waals surface area contributed by atoms with E-state index in [1.807, 2.05) is 0 Å². The SMILES string of the molecule is Cc1cc(SS)ccc1C(F)(F)F. The van der Waals surface area contributed by atoms with Crippen molar-refractivity contribution in [2.45, 2.75) is 18.0 Å². The first-order chi connectivity index (χ1) is 5.95. The van der Waals surface area contributed by atoms with Crippen LogP contribution in [0.15, 0.2) is 23.1 Å². The molecule has 0 aliphatic rings. The summed E-state index contributed by atoms with van der Waals surface area (Å²) in [5.74, 6) is 0. The zero-order chi connectivity index (χ0) is 10.1. The van der Waals surface area contributed by atoms with Crippen LogP contribution in [0.2, 0.25) is 0 Å². The Morgan fingerprint density at radius 3 is 2.31 bits per heavy atom. The van der Waals surface area contributed by atoms with E-state index in [0.717, 1.165) is 16.9 Å². The quantitative estimate of drug-likeness (QED) is 0.556. The van der Waals surface area contributed by atoms with Crippen LogP contribution in [0.5, 0.6) is 0 Å². The highest BCUT2D eigenvalue weighted by Crippen LogP contribution is 2.34. The smallest absolute Gasteiger partial charge is 0.166 e. The summed E-state index contributed by atoms with van der Waals surface area (Å²) >= 11 is 3.90.